The smallest absolute Gasteiger partial charge is 0.188 e. The van der Waals surface area contributed by atoms with E-state index in [1.165, 1.54) is 17.4 Å². The maximum absolute atomic E-state index is 13.1. The Labute approximate surface area is 116 Å². The molecular weight excluding hydrogens is 290 g/mol. The molecule has 0 atom stereocenters. The molecule has 0 unspecified atom stereocenters. The van der Waals surface area contributed by atoms with Gasteiger partial charge in [0, 0.05) is 16.8 Å². The van der Waals surface area contributed by atoms with E-state index in [1.807, 2.05) is 12.1 Å². The first kappa shape index (κ1) is 12.3. The largest absolute Gasteiger partial charge is 0.331 e. The minimum Gasteiger partial charge on any atom is -0.331 e. The van der Waals surface area contributed by atoms with Gasteiger partial charge in [0.15, 0.2) is 16.8 Å². The zero-order chi connectivity index (χ0) is 13.4. The third-order valence-electron chi connectivity index (χ3n) is 2.52. The van der Waals surface area contributed by atoms with Crippen LogP contribution in [0, 0.1) is 11.6 Å². The Morgan fingerprint density at radius 3 is 2.68 bits per heavy atom. The van der Waals surface area contributed by atoms with Crippen molar-refractivity contribution >= 4 is 44.0 Å². The number of nitrogens with zero attached hydrogens (tertiary/aromatic N) is 1. The molecule has 0 amide bonds. The van der Waals surface area contributed by atoms with E-state index in [0.29, 0.717) is 15.8 Å². The lowest BCUT2D eigenvalue weighted by Crippen LogP contribution is -1.91. The van der Waals surface area contributed by atoms with Crippen LogP contribution < -0.4 is 5.32 Å². The van der Waals surface area contributed by atoms with Crippen LogP contribution in [0.2, 0.25) is 5.02 Å². The molecular formula is C13H7ClF2N2S. The van der Waals surface area contributed by atoms with Crippen molar-refractivity contribution in [2.24, 2.45) is 0 Å². The van der Waals surface area contributed by atoms with Crippen LogP contribution in [0.15, 0.2) is 36.4 Å². The van der Waals surface area contributed by atoms with Crippen LogP contribution in [0.5, 0.6) is 0 Å². The molecule has 0 aliphatic rings. The van der Waals surface area contributed by atoms with Crippen molar-refractivity contribution in [3.63, 3.8) is 0 Å². The normalized spacial score (nSPS) is 10.9. The maximum atomic E-state index is 13.1. The van der Waals surface area contributed by atoms with Crippen LogP contribution >= 0.6 is 22.9 Å². The minimum atomic E-state index is -0.894. The summed E-state index contributed by atoms with van der Waals surface area (Å²) in [5.41, 5.74) is 1.25. The Morgan fingerprint density at radius 2 is 1.89 bits per heavy atom. The summed E-state index contributed by atoms with van der Waals surface area (Å²) >= 11 is 7.29. The molecule has 2 aromatic carbocycles. The summed E-state index contributed by atoms with van der Waals surface area (Å²) in [5, 5.41) is 4.17. The number of hydrogen-bond donors (Lipinski definition) is 1. The van der Waals surface area contributed by atoms with E-state index < -0.39 is 11.6 Å². The number of hydrogen-bond acceptors (Lipinski definition) is 3. The molecule has 0 spiro atoms. The first-order chi connectivity index (χ1) is 9.11. The second kappa shape index (κ2) is 4.75. The second-order valence-corrected chi connectivity index (χ2v) is 5.35. The highest BCUT2D eigenvalue weighted by Gasteiger charge is 2.07. The van der Waals surface area contributed by atoms with Crippen molar-refractivity contribution in [2.75, 3.05) is 5.32 Å². The quantitative estimate of drug-likeness (QED) is 0.722. The highest BCUT2D eigenvalue weighted by atomic mass is 35.5. The van der Waals surface area contributed by atoms with Crippen molar-refractivity contribution < 1.29 is 8.78 Å². The van der Waals surface area contributed by atoms with E-state index >= 15 is 0 Å². The summed E-state index contributed by atoms with van der Waals surface area (Å²) in [5.74, 6) is -1.77. The van der Waals surface area contributed by atoms with Gasteiger partial charge in [0.25, 0.3) is 0 Å². The Balaban J connectivity index is 1.94. The molecule has 0 aliphatic heterocycles. The summed E-state index contributed by atoms with van der Waals surface area (Å²) < 4.78 is 26.8. The molecule has 19 heavy (non-hydrogen) atoms. The summed E-state index contributed by atoms with van der Waals surface area (Å²) in [4.78, 5) is 4.33. The van der Waals surface area contributed by atoms with Gasteiger partial charge in [-0.1, -0.05) is 22.9 Å². The number of halogens is 3. The molecule has 0 saturated heterocycles. The summed E-state index contributed by atoms with van der Waals surface area (Å²) in [6, 6.07) is 8.99. The molecule has 3 rings (SSSR count). The van der Waals surface area contributed by atoms with E-state index in [-0.39, 0.29) is 0 Å². The van der Waals surface area contributed by atoms with E-state index in [4.69, 9.17) is 11.6 Å². The van der Waals surface area contributed by atoms with Gasteiger partial charge in [-0.3, -0.25) is 0 Å². The van der Waals surface area contributed by atoms with Gasteiger partial charge in [-0.25, -0.2) is 13.8 Å². The molecule has 1 aromatic heterocycles. The third kappa shape index (κ3) is 2.52. The maximum Gasteiger partial charge on any atom is 0.188 e. The number of nitrogens with one attached hydrogen (secondary N) is 1. The minimum absolute atomic E-state index is 0.448. The number of anilines is 2. The van der Waals surface area contributed by atoms with Crippen LogP contribution in [0.1, 0.15) is 0 Å². The Kier molecular flexibility index (Phi) is 3.08. The Bertz CT molecular complexity index is 757. The van der Waals surface area contributed by atoms with E-state index in [9.17, 15) is 8.78 Å². The van der Waals surface area contributed by atoms with E-state index in [2.05, 4.69) is 10.3 Å². The topological polar surface area (TPSA) is 24.9 Å². The average molecular weight is 297 g/mol. The highest BCUT2D eigenvalue weighted by Crippen LogP contribution is 2.30. The van der Waals surface area contributed by atoms with Crippen molar-refractivity contribution in [2.45, 2.75) is 0 Å². The van der Waals surface area contributed by atoms with Gasteiger partial charge in [0.1, 0.15) is 0 Å². The molecule has 0 saturated carbocycles. The standard InChI is InChI=1S/C13H7ClF2N2S/c14-7-1-4-11-12(5-7)19-13(18-11)17-8-2-3-9(15)10(16)6-8/h1-6H,(H,17,18). The zero-order valence-corrected chi connectivity index (χ0v) is 11.0. The van der Waals surface area contributed by atoms with Crippen molar-refractivity contribution in [3.05, 3.63) is 53.1 Å². The van der Waals surface area contributed by atoms with E-state index in [1.54, 1.807) is 6.07 Å². The fourth-order valence-electron chi connectivity index (χ4n) is 1.65. The predicted molar refractivity (Wildman–Crippen MR) is 74.3 cm³/mol. The molecule has 0 radical (unpaired) electrons. The van der Waals surface area contributed by atoms with Crippen LogP contribution in [-0.2, 0) is 0 Å². The van der Waals surface area contributed by atoms with Crippen molar-refractivity contribution in [1.29, 1.82) is 0 Å². The Hall–Kier alpha value is -1.72. The van der Waals surface area contributed by atoms with Crippen molar-refractivity contribution in [1.82, 2.24) is 4.98 Å². The van der Waals surface area contributed by atoms with Crippen LogP contribution in [0.25, 0.3) is 10.2 Å². The number of rotatable bonds is 2. The van der Waals surface area contributed by atoms with Gasteiger partial charge in [0.2, 0.25) is 0 Å². The lowest BCUT2D eigenvalue weighted by molar-refractivity contribution is 0.509. The van der Waals surface area contributed by atoms with Gasteiger partial charge in [-0.2, -0.15) is 0 Å². The number of benzene rings is 2. The van der Waals surface area contributed by atoms with Gasteiger partial charge in [0.05, 0.1) is 10.2 Å². The van der Waals surface area contributed by atoms with Crippen LogP contribution in [-0.4, -0.2) is 4.98 Å². The predicted octanol–water partition coefficient (Wildman–Crippen LogP) is 4.97. The van der Waals surface area contributed by atoms with E-state index in [0.717, 1.165) is 22.3 Å². The highest BCUT2D eigenvalue weighted by molar-refractivity contribution is 7.22. The van der Waals surface area contributed by atoms with Gasteiger partial charge in [-0.05, 0) is 30.3 Å². The molecule has 0 fully saturated rings. The molecule has 0 aliphatic carbocycles. The lowest BCUT2D eigenvalue weighted by Gasteiger charge is -2.02. The van der Waals surface area contributed by atoms with Gasteiger partial charge >= 0.3 is 0 Å². The number of aromatic nitrogens is 1. The lowest BCUT2D eigenvalue weighted by atomic mass is 10.3. The molecule has 0 bridgehead atoms. The molecule has 2 nitrogen and oxygen atoms in total. The van der Waals surface area contributed by atoms with Crippen LogP contribution in [0.4, 0.5) is 19.6 Å². The third-order valence-corrected chi connectivity index (χ3v) is 3.69. The molecule has 6 heteroatoms. The number of fused-ring (bicyclic) bond motifs is 1. The first-order valence-corrected chi connectivity index (χ1v) is 6.59. The molecule has 3 aromatic rings. The SMILES string of the molecule is Fc1ccc(Nc2nc3ccc(Cl)cc3s2)cc1F. The second-order valence-electron chi connectivity index (χ2n) is 3.88. The van der Waals surface area contributed by atoms with Gasteiger partial charge < -0.3 is 5.32 Å². The fraction of sp³-hybridized carbons (Fsp3) is 0. The molecule has 1 heterocycles. The summed E-state index contributed by atoms with van der Waals surface area (Å²) in [6.45, 7) is 0. The monoisotopic (exact) mass is 296 g/mol. The first-order valence-electron chi connectivity index (χ1n) is 5.40. The zero-order valence-electron chi connectivity index (χ0n) is 9.45. The van der Waals surface area contributed by atoms with Gasteiger partial charge in [-0.15, -0.1) is 0 Å². The molecule has 1 N–H and O–H groups in total. The summed E-state index contributed by atoms with van der Waals surface area (Å²) in [7, 11) is 0. The number of thiazole rings is 1. The van der Waals surface area contributed by atoms with Crippen molar-refractivity contribution in [3.8, 4) is 0 Å². The average Bonchev–Trinajstić information content (AvgIpc) is 2.75. The summed E-state index contributed by atoms with van der Waals surface area (Å²) in [6.07, 6.45) is 0. The van der Waals surface area contributed by atoms with Crippen LogP contribution in [0.3, 0.4) is 0 Å². The molecule has 96 valence electrons. The fourth-order valence-corrected chi connectivity index (χ4v) is 2.81. The Morgan fingerprint density at radius 1 is 1.05 bits per heavy atom.